The Morgan fingerprint density at radius 1 is 0.397 bits per heavy atom. The molecule has 0 saturated heterocycles. The van der Waals surface area contributed by atoms with E-state index < -0.39 is 8.07 Å². The van der Waals surface area contributed by atoms with Crippen LogP contribution in [0.25, 0.3) is 45.1 Å². The van der Waals surface area contributed by atoms with Gasteiger partial charge in [-0.3, -0.25) is 8.80 Å². The molecule has 0 N–H and O–H groups in total. The van der Waals surface area contributed by atoms with Crippen molar-refractivity contribution in [3.8, 4) is 22.8 Å². The average molecular weight is 783 g/mol. The van der Waals surface area contributed by atoms with E-state index in [1.54, 1.807) is 0 Å². The topological polar surface area (TPSA) is 66.9 Å². The maximum Gasteiger partial charge on any atom is 0.207 e. The van der Waals surface area contributed by atoms with Crippen LogP contribution in [0.15, 0.2) is 180 Å². The summed E-state index contributed by atoms with van der Waals surface area (Å²) in [7, 11) is -1.87. The summed E-state index contributed by atoms with van der Waals surface area (Å²) < 4.78 is 4.23. The average Bonchev–Trinajstić information content (AvgIpc) is 3.93. The summed E-state index contributed by atoms with van der Waals surface area (Å²) in [6.45, 7) is 4.90. The van der Waals surface area contributed by atoms with Gasteiger partial charge in [0.1, 0.15) is 8.07 Å². The van der Waals surface area contributed by atoms with Gasteiger partial charge in [-0.1, -0.05) is 97.7 Å². The molecule has 0 fully saturated rings. The van der Waals surface area contributed by atoms with Crippen molar-refractivity contribution in [1.29, 1.82) is 0 Å². The Morgan fingerprint density at radius 3 is 1.24 bits per heavy atom. The third kappa shape index (κ3) is 4.76. The lowest BCUT2D eigenvalue weighted by molar-refractivity contribution is 1.10. The molecule has 0 unspecified atom stereocenters. The van der Waals surface area contributed by atoms with E-state index >= 15 is 0 Å². The van der Waals surface area contributed by atoms with Gasteiger partial charge >= 0.3 is 0 Å². The first-order valence-corrected chi connectivity index (χ1v) is 23.2. The molecule has 2 aliphatic heterocycles. The van der Waals surface area contributed by atoms with Gasteiger partial charge in [-0.15, -0.1) is 20.4 Å². The van der Waals surface area contributed by atoms with Crippen molar-refractivity contribution in [2.24, 2.45) is 0 Å². The number of para-hydroxylation sites is 6. The highest BCUT2D eigenvalue weighted by Gasteiger charge is 2.38. The third-order valence-corrected chi connectivity index (χ3v) is 16.4. The second-order valence-electron chi connectivity index (χ2n) is 15.3. The van der Waals surface area contributed by atoms with Crippen molar-refractivity contribution < 1.29 is 0 Å². The summed E-state index contributed by atoms with van der Waals surface area (Å²) in [6, 6.07) is 60.6. The number of fused-ring (bicyclic) bond motifs is 10. The molecule has 0 bridgehead atoms. The SMILES string of the molecule is C[Si]1(C)c2ccccc2N(c2ccc(-c3nnc4c5nnc(-c6ccc(N7c8ccccc8Sc8ccccc87)cc6)n5c5ccccc5n34)cc2)c2ccccc21. The van der Waals surface area contributed by atoms with E-state index in [9.17, 15) is 0 Å². The lowest BCUT2D eigenvalue weighted by Gasteiger charge is -2.41. The minimum absolute atomic E-state index is 0.650. The quantitative estimate of drug-likeness (QED) is 0.165. The molecule has 3 aromatic heterocycles. The van der Waals surface area contributed by atoms with E-state index in [1.165, 1.54) is 42.9 Å². The minimum atomic E-state index is -1.87. The summed E-state index contributed by atoms with van der Waals surface area (Å²) in [5.41, 5.74) is 12.2. The van der Waals surface area contributed by atoms with E-state index in [-0.39, 0.29) is 0 Å². The Kier molecular flexibility index (Phi) is 7.14. The van der Waals surface area contributed by atoms with Crippen molar-refractivity contribution in [3.63, 3.8) is 0 Å². The second-order valence-corrected chi connectivity index (χ2v) is 20.7. The molecule has 0 amide bonds. The highest BCUT2D eigenvalue weighted by Crippen LogP contribution is 2.51. The summed E-state index contributed by atoms with van der Waals surface area (Å²) >= 11 is 1.81. The molecule has 276 valence electrons. The van der Waals surface area contributed by atoms with E-state index in [0.717, 1.165) is 45.2 Å². The number of rotatable bonds is 4. The van der Waals surface area contributed by atoms with Crippen LogP contribution in [0, 0.1) is 0 Å². The largest absolute Gasteiger partial charge is 0.311 e. The number of nitrogens with zero attached hydrogens (tertiary/aromatic N) is 8. The first kappa shape index (κ1) is 33.2. The summed E-state index contributed by atoms with van der Waals surface area (Å²) in [5, 5.41) is 22.0. The standard InChI is InChI=1S/C48H34N8SSi/c1-58(2)43-21-11-7-17-39(43)54(40-18-8-12-22-44(40)58)34-29-25-32(26-30-34)46-50-52-48-47-51-49-45(55(47)35-13-3-4-14-36(35)56(46)48)31-23-27-33(28-24-31)53-37-15-5-9-19-41(37)57-42-20-10-6-16-38(42)53/h3-30H,1-2H3. The molecule has 2 aliphatic rings. The van der Waals surface area contributed by atoms with Crippen molar-refractivity contribution in [1.82, 2.24) is 29.2 Å². The molecular formula is C48H34N8SSi. The molecule has 8 nitrogen and oxygen atoms in total. The number of benzene rings is 7. The van der Waals surface area contributed by atoms with E-state index in [2.05, 4.69) is 202 Å². The zero-order valence-electron chi connectivity index (χ0n) is 31.7. The molecule has 5 heterocycles. The van der Waals surface area contributed by atoms with Crippen LogP contribution in [0.2, 0.25) is 13.1 Å². The molecule has 0 aliphatic carbocycles. The number of hydrogen-bond acceptors (Lipinski definition) is 7. The van der Waals surface area contributed by atoms with Gasteiger partial charge in [-0.05, 0) is 107 Å². The van der Waals surface area contributed by atoms with Crippen molar-refractivity contribution >= 4 is 86.7 Å². The van der Waals surface area contributed by atoms with Gasteiger partial charge in [0.25, 0.3) is 0 Å². The summed E-state index contributed by atoms with van der Waals surface area (Å²) in [6.07, 6.45) is 0. The van der Waals surface area contributed by atoms with Crippen molar-refractivity contribution in [3.05, 3.63) is 170 Å². The predicted octanol–water partition coefficient (Wildman–Crippen LogP) is 10.8. The zero-order valence-corrected chi connectivity index (χ0v) is 33.5. The van der Waals surface area contributed by atoms with Gasteiger partial charge in [0.2, 0.25) is 11.3 Å². The maximum absolute atomic E-state index is 4.80. The fourth-order valence-electron chi connectivity index (χ4n) is 8.98. The number of aromatic nitrogens is 6. The number of hydrogen-bond donors (Lipinski definition) is 0. The van der Waals surface area contributed by atoms with Crippen LogP contribution in [0.1, 0.15) is 0 Å². The second kappa shape index (κ2) is 12.5. The molecule has 0 spiro atoms. The molecule has 10 heteroatoms. The monoisotopic (exact) mass is 782 g/mol. The highest BCUT2D eigenvalue weighted by atomic mass is 32.2. The van der Waals surface area contributed by atoms with Gasteiger partial charge in [0.05, 0.1) is 22.4 Å². The van der Waals surface area contributed by atoms with Gasteiger partial charge in [-0.2, -0.15) is 0 Å². The summed E-state index contributed by atoms with van der Waals surface area (Å²) in [4.78, 5) is 7.21. The first-order valence-electron chi connectivity index (χ1n) is 19.4. The molecule has 0 atom stereocenters. The molecule has 0 radical (unpaired) electrons. The lowest BCUT2D eigenvalue weighted by atomic mass is 10.1. The Labute approximate surface area is 339 Å². The maximum atomic E-state index is 4.80. The van der Waals surface area contributed by atoms with E-state index in [4.69, 9.17) is 20.4 Å². The van der Waals surface area contributed by atoms with Crippen molar-refractivity contribution in [2.75, 3.05) is 9.80 Å². The van der Waals surface area contributed by atoms with Crippen LogP contribution in [0.5, 0.6) is 0 Å². The molecule has 10 aromatic rings. The van der Waals surface area contributed by atoms with Gasteiger partial charge in [0, 0.05) is 43.7 Å². The van der Waals surface area contributed by atoms with E-state index in [1.807, 2.05) is 11.8 Å². The molecule has 0 saturated carbocycles. The third-order valence-electron chi connectivity index (χ3n) is 11.7. The zero-order chi connectivity index (χ0) is 38.5. The summed E-state index contributed by atoms with van der Waals surface area (Å²) in [5.74, 6) is 1.50. The Hall–Kier alpha value is -7.01. The Morgan fingerprint density at radius 2 is 0.776 bits per heavy atom. The van der Waals surface area contributed by atoms with Crippen LogP contribution in [0.4, 0.5) is 34.1 Å². The van der Waals surface area contributed by atoms with Crippen LogP contribution >= 0.6 is 11.8 Å². The normalized spacial score (nSPS) is 14.0. The fourth-order valence-corrected chi connectivity index (χ4v) is 13.0. The van der Waals surface area contributed by atoms with E-state index in [0.29, 0.717) is 11.3 Å². The van der Waals surface area contributed by atoms with Crippen LogP contribution in [-0.2, 0) is 0 Å². The highest BCUT2D eigenvalue weighted by molar-refractivity contribution is 7.99. The Bertz CT molecular complexity index is 3170. The van der Waals surface area contributed by atoms with Crippen molar-refractivity contribution in [2.45, 2.75) is 22.9 Å². The predicted molar refractivity (Wildman–Crippen MR) is 238 cm³/mol. The molecule has 7 aromatic carbocycles. The smallest absolute Gasteiger partial charge is 0.207 e. The van der Waals surface area contributed by atoms with Gasteiger partial charge in [0.15, 0.2) is 11.6 Å². The van der Waals surface area contributed by atoms with Gasteiger partial charge in [-0.25, -0.2) is 0 Å². The number of anilines is 6. The molecular weight excluding hydrogens is 749 g/mol. The molecule has 58 heavy (non-hydrogen) atoms. The van der Waals surface area contributed by atoms with Crippen LogP contribution in [0.3, 0.4) is 0 Å². The fraction of sp³-hybridized carbons (Fsp3) is 0.0417. The van der Waals surface area contributed by atoms with Crippen LogP contribution < -0.4 is 20.2 Å². The minimum Gasteiger partial charge on any atom is -0.311 e. The lowest BCUT2D eigenvalue weighted by Crippen LogP contribution is -2.58. The van der Waals surface area contributed by atoms with Crippen LogP contribution in [-0.4, -0.2) is 37.3 Å². The van der Waals surface area contributed by atoms with Gasteiger partial charge < -0.3 is 9.80 Å². The first-order chi connectivity index (χ1) is 28.5. The Balaban J connectivity index is 0.947. The molecule has 12 rings (SSSR count).